The summed E-state index contributed by atoms with van der Waals surface area (Å²) >= 11 is 6.84. The molecule has 4 bridgehead atoms. The van der Waals surface area contributed by atoms with Crippen LogP contribution in [-0.4, -0.2) is 29.1 Å². The molecule has 0 unspecified atom stereocenters. The summed E-state index contributed by atoms with van der Waals surface area (Å²) < 4.78 is 11.5. The Morgan fingerprint density at radius 1 is 1.03 bits per heavy atom. The zero-order valence-corrected chi connectivity index (χ0v) is 22.1. The number of ether oxygens (including phenoxy) is 2. The first-order valence-electron chi connectivity index (χ1n) is 12.7. The minimum atomic E-state index is -0.360. The first-order valence-corrected chi connectivity index (χ1v) is 13.9. The van der Waals surface area contributed by atoms with E-state index in [1.807, 2.05) is 0 Å². The second-order valence-electron chi connectivity index (χ2n) is 10.9. The van der Waals surface area contributed by atoms with Crippen LogP contribution in [0.3, 0.4) is 0 Å². The lowest BCUT2D eigenvalue weighted by molar-refractivity contribution is -0.161. The standard InChI is InChI=1S/C29H28ClNO5S/c1-35-24-11-18(12-25-26(32)31(28(34)37-25)16-17-2-5-22(30)6-3-17)4-7-23(24)36-27(33)29-13-19-8-20(14-29)10-21(9-19)15-29/h2-7,11-12,19-21H,8-10,13-16H2,1H3/b25-12+. The largest absolute Gasteiger partial charge is 0.493 e. The number of carbonyl (C=O) groups is 3. The molecule has 0 N–H and O–H groups in total. The Labute approximate surface area is 225 Å². The molecule has 7 rings (SSSR count). The predicted octanol–water partition coefficient (Wildman–Crippen LogP) is 6.71. The molecule has 5 aliphatic rings. The number of thioether (sulfide) groups is 1. The van der Waals surface area contributed by atoms with Crippen molar-refractivity contribution < 1.29 is 23.9 Å². The number of rotatable bonds is 6. The minimum absolute atomic E-state index is 0.138. The van der Waals surface area contributed by atoms with Gasteiger partial charge in [-0.1, -0.05) is 29.8 Å². The van der Waals surface area contributed by atoms with Crippen LogP contribution >= 0.6 is 23.4 Å². The highest BCUT2D eigenvalue weighted by Gasteiger charge is 2.55. The molecule has 4 saturated carbocycles. The average Bonchev–Trinajstić information content (AvgIpc) is 3.12. The molecule has 2 amide bonds. The Morgan fingerprint density at radius 3 is 2.30 bits per heavy atom. The maximum atomic E-state index is 13.4. The van der Waals surface area contributed by atoms with Crippen molar-refractivity contribution in [2.24, 2.45) is 23.2 Å². The van der Waals surface area contributed by atoms with Crippen LogP contribution in [0.25, 0.3) is 6.08 Å². The lowest BCUT2D eigenvalue weighted by atomic mass is 9.49. The summed E-state index contributed by atoms with van der Waals surface area (Å²) in [5, 5.41) is 0.276. The summed E-state index contributed by atoms with van der Waals surface area (Å²) in [6, 6.07) is 12.3. The monoisotopic (exact) mass is 537 g/mol. The summed E-state index contributed by atoms with van der Waals surface area (Å²) in [6.45, 7) is 0.182. The molecule has 0 aromatic heterocycles. The lowest BCUT2D eigenvalue weighted by Gasteiger charge is -2.55. The number of nitrogens with zero attached hydrogens (tertiary/aromatic N) is 1. The fourth-order valence-corrected chi connectivity index (χ4v) is 7.95. The van der Waals surface area contributed by atoms with E-state index in [1.165, 1.54) is 31.3 Å². The van der Waals surface area contributed by atoms with Gasteiger partial charge in [0.25, 0.3) is 11.1 Å². The molecule has 1 saturated heterocycles. The van der Waals surface area contributed by atoms with Crippen LogP contribution in [0.5, 0.6) is 11.5 Å². The van der Waals surface area contributed by atoms with Crippen molar-refractivity contribution in [1.29, 1.82) is 0 Å². The number of halogens is 1. The molecule has 6 nitrogen and oxygen atoms in total. The van der Waals surface area contributed by atoms with Gasteiger partial charge in [0, 0.05) is 5.02 Å². The fourth-order valence-electron chi connectivity index (χ4n) is 6.99. The van der Waals surface area contributed by atoms with Gasteiger partial charge >= 0.3 is 5.97 Å². The number of hydrogen-bond donors (Lipinski definition) is 0. The van der Waals surface area contributed by atoms with Crippen molar-refractivity contribution in [2.45, 2.75) is 45.1 Å². The molecular formula is C29H28ClNO5S. The predicted molar refractivity (Wildman–Crippen MR) is 142 cm³/mol. The van der Waals surface area contributed by atoms with Gasteiger partial charge in [-0.05, 0) is 110 Å². The molecule has 2 aromatic rings. The third kappa shape index (κ3) is 4.68. The minimum Gasteiger partial charge on any atom is -0.493 e. The number of amides is 2. The number of hydrogen-bond acceptors (Lipinski definition) is 6. The fraction of sp³-hybridized carbons (Fsp3) is 0.414. The van der Waals surface area contributed by atoms with Crippen LogP contribution < -0.4 is 9.47 Å². The van der Waals surface area contributed by atoms with Crippen molar-refractivity contribution in [3.8, 4) is 11.5 Å². The number of benzene rings is 2. The van der Waals surface area contributed by atoms with Crippen molar-refractivity contribution in [3.63, 3.8) is 0 Å². The maximum Gasteiger partial charge on any atom is 0.317 e. The van der Waals surface area contributed by atoms with Gasteiger partial charge in [-0.2, -0.15) is 0 Å². The average molecular weight is 538 g/mol. The van der Waals surface area contributed by atoms with Gasteiger partial charge in [0.05, 0.1) is 24.0 Å². The van der Waals surface area contributed by atoms with E-state index in [0.717, 1.165) is 36.6 Å². The Morgan fingerprint density at radius 2 is 1.68 bits per heavy atom. The SMILES string of the molecule is COc1cc(/C=C2/SC(=O)N(Cc3ccc(Cl)cc3)C2=O)ccc1OC(=O)C12CC3CC(CC(C3)C1)C2. The van der Waals surface area contributed by atoms with E-state index < -0.39 is 0 Å². The van der Waals surface area contributed by atoms with Gasteiger partial charge in [-0.3, -0.25) is 19.3 Å². The Hall–Kier alpha value is -2.77. The Bertz CT molecular complexity index is 1270. The number of carbonyl (C=O) groups excluding carboxylic acids is 3. The van der Waals surface area contributed by atoms with Gasteiger partial charge in [-0.15, -0.1) is 0 Å². The van der Waals surface area contributed by atoms with Gasteiger partial charge in [0.1, 0.15) is 0 Å². The van der Waals surface area contributed by atoms with Crippen LogP contribution in [0.1, 0.15) is 49.7 Å². The lowest BCUT2D eigenvalue weighted by Crippen LogP contribution is -2.51. The van der Waals surface area contributed by atoms with Gasteiger partial charge < -0.3 is 9.47 Å². The highest BCUT2D eigenvalue weighted by atomic mass is 35.5. The van der Waals surface area contributed by atoms with Gasteiger partial charge in [0.2, 0.25) is 0 Å². The molecule has 4 aliphatic carbocycles. The van der Waals surface area contributed by atoms with E-state index in [4.69, 9.17) is 21.1 Å². The van der Waals surface area contributed by atoms with E-state index in [0.29, 0.717) is 44.7 Å². The summed E-state index contributed by atoms with van der Waals surface area (Å²) in [5.74, 6) is 2.28. The molecule has 0 spiro atoms. The Balaban J connectivity index is 1.17. The molecule has 1 aliphatic heterocycles. The quantitative estimate of drug-likeness (QED) is 0.232. The van der Waals surface area contributed by atoms with E-state index in [-0.39, 0.29) is 29.1 Å². The summed E-state index contributed by atoms with van der Waals surface area (Å²) in [6.07, 6.45) is 8.25. The van der Waals surface area contributed by atoms with Crippen LogP contribution in [-0.2, 0) is 16.1 Å². The Kier molecular flexibility index (Phi) is 6.32. The summed E-state index contributed by atoms with van der Waals surface area (Å²) in [4.78, 5) is 40.4. The van der Waals surface area contributed by atoms with Crippen molar-refractivity contribution >= 4 is 46.6 Å². The third-order valence-electron chi connectivity index (χ3n) is 8.29. The van der Waals surface area contributed by atoms with Crippen LogP contribution in [0, 0.1) is 23.2 Å². The summed E-state index contributed by atoms with van der Waals surface area (Å²) in [5.41, 5.74) is 1.14. The molecule has 1 heterocycles. The van der Waals surface area contributed by atoms with Crippen LogP contribution in [0.4, 0.5) is 4.79 Å². The molecule has 2 aromatic carbocycles. The molecule has 5 fully saturated rings. The second-order valence-corrected chi connectivity index (χ2v) is 12.3. The van der Waals surface area contributed by atoms with E-state index in [2.05, 4.69) is 0 Å². The number of esters is 1. The van der Waals surface area contributed by atoms with Crippen molar-refractivity contribution in [3.05, 3.63) is 63.5 Å². The molecule has 8 heteroatoms. The van der Waals surface area contributed by atoms with Crippen molar-refractivity contribution in [1.82, 2.24) is 4.90 Å². The third-order valence-corrected chi connectivity index (χ3v) is 9.45. The van der Waals surface area contributed by atoms with Gasteiger partial charge in [-0.25, -0.2) is 0 Å². The van der Waals surface area contributed by atoms with Crippen molar-refractivity contribution in [2.75, 3.05) is 7.11 Å². The maximum absolute atomic E-state index is 13.4. The zero-order chi connectivity index (χ0) is 25.7. The topological polar surface area (TPSA) is 72.9 Å². The highest BCUT2D eigenvalue weighted by Crippen LogP contribution is 2.60. The molecule has 37 heavy (non-hydrogen) atoms. The molecule has 0 atom stereocenters. The second kappa shape index (κ2) is 9.52. The van der Waals surface area contributed by atoms with Crippen LogP contribution in [0.2, 0.25) is 5.02 Å². The molecule has 0 radical (unpaired) electrons. The van der Waals surface area contributed by atoms with Crippen LogP contribution in [0.15, 0.2) is 47.4 Å². The van der Waals surface area contributed by atoms with E-state index >= 15 is 0 Å². The highest BCUT2D eigenvalue weighted by molar-refractivity contribution is 8.18. The zero-order valence-electron chi connectivity index (χ0n) is 20.6. The first kappa shape index (κ1) is 24.6. The molecular weight excluding hydrogens is 510 g/mol. The number of methoxy groups -OCH3 is 1. The van der Waals surface area contributed by atoms with Gasteiger partial charge in [0.15, 0.2) is 11.5 Å². The normalized spacial score (nSPS) is 29.3. The smallest absolute Gasteiger partial charge is 0.317 e. The molecule has 192 valence electrons. The summed E-state index contributed by atoms with van der Waals surface area (Å²) in [7, 11) is 1.53. The number of imide groups is 1. The van der Waals surface area contributed by atoms with E-state index in [1.54, 1.807) is 48.5 Å². The van der Waals surface area contributed by atoms with E-state index in [9.17, 15) is 14.4 Å². The first-order chi connectivity index (χ1) is 17.8.